The fourth-order valence-corrected chi connectivity index (χ4v) is 2.46. The van der Waals surface area contributed by atoms with Gasteiger partial charge in [0.2, 0.25) is 0 Å². The Hall–Kier alpha value is -2.35. The number of hydrogen-bond donors (Lipinski definition) is 0. The lowest BCUT2D eigenvalue weighted by Crippen LogP contribution is -1.92. The molecule has 2 aromatic carbocycles. The maximum absolute atomic E-state index is 10.7. The van der Waals surface area contributed by atoms with Crippen LogP contribution in [0.1, 0.15) is 22.8 Å². The van der Waals surface area contributed by atoms with Crippen LogP contribution in [-0.4, -0.2) is 10.9 Å². The SMILES string of the molecule is CCc1cn(-c2ccc(C=O)cc2)c2ccccc12. The van der Waals surface area contributed by atoms with Gasteiger partial charge in [0.05, 0.1) is 5.52 Å². The van der Waals surface area contributed by atoms with Crippen molar-refractivity contribution in [1.82, 2.24) is 4.57 Å². The Labute approximate surface area is 112 Å². The van der Waals surface area contributed by atoms with E-state index in [9.17, 15) is 4.79 Å². The molecule has 19 heavy (non-hydrogen) atoms. The summed E-state index contributed by atoms with van der Waals surface area (Å²) >= 11 is 0. The van der Waals surface area contributed by atoms with Gasteiger partial charge in [-0.3, -0.25) is 4.79 Å². The van der Waals surface area contributed by atoms with E-state index in [1.807, 2.05) is 24.3 Å². The van der Waals surface area contributed by atoms with E-state index < -0.39 is 0 Å². The van der Waals surface area contributed by atoms with Gasteiger partial charge >= 0.3 is 0 Å². The number of benzene rings is 2. The lowest BCUT2D eigenvalue weighted by atomic mass is 10.1. The average molecular weight is 249 g/mol. The molecule has 3 aromatic rings. The smallest absolute Gasteiger partial charge is 0.150 e. The second kappa shape index (κ2) is 4.73. The highest BCUT2D eigenvalue weighted by Crippen LogP contribution is 2.25. The molecule has 0 unspecified atom stereocenters. The number of rotatable bonds is 3. The van der Waals surface area contributed by atoms with E-state index in [0.29, 0.717) is 5.56 Å². The van der Waals surface area contributed by atoms with Gasteiger partial charge in [0.25, 0.3) is 0 Å². The number of para-hydroxylation sites is 1. The molecule has 0 amide bonds. The van der Waals surface area contributed by atoms with Gasteiger partial charge in [0, 0.05) is 22.8 Å². The van der Waals surface area contributed by atoms with Crippen LogP contribution in [0, 0.1) is 0 Å². The molecule has 0 bridgehead atoms. The molecule has 3 rings (SSSR count). The maximum atomic E-state index is 10.7. The lowest BCUT2D eigenvalue weighted by Gasteiger charge is -2.05. The van der Waals surface area contributed by atoms with Crippen LogP contribution < -0.4 is 0 Å². The van der Waals surface area contributed by atoms with Gasteiger partial charge in [-0.2, -0.15) is 0 Å². The zero-order valence-corrected chi connectivity index (χ0v) is 10.8. The topological polar surface area (TPSA) is 22.0 Å². The molecule has 0 fully saturated rings. The fourth-order valence-electron chi connectivity index (χ4n) is 2.46. The van der Waals surface area contributed by atoms with Crippen molar-refractivity contribution in [3.05, 3.63) is 65.9 Å². The number of aldehydes is 1. The molecule has 1 heterocycles. The third kappa shape index (κ3) is 1.95. The highest BCUT2D eigenvalue weighted by molar-refractivity contribution is 5.85. The quantitative estimate of drug-likeness (QED) is 0.643. The molecule has 0 N–H and O–H groups in total. The summed E-state index contributed by atoms with van der Waals surface area (Å²) in [5.74, 6) is 0. The van der Waals surface area contributed by atoms with Crippen molar-refractivity contribution < 1.29 is 4.79 Å². The Balaban J connectivity index is 2.21. The monoisotopic (exact) mass is 249 g/mol. The summed E-state index contributed by atoms with van der Waals surface area (Å²) in [4.78, 5) is 10.7. The first kappa shape index (κ1) is 11.7. The second-order valence-corrected chi connectivity index (χ2v) is 4.60. The highest BCUT2D eigenvalue weighted by Gasteiger charge is 2.07. The van der Waals surface area contributed by atoms with Crippen molar-refractivity contribution in [3.8, 4) is 5.69 Å². The average Bonchev–Trinajstić information content (AvgIpc) is 2.86. The maximum Gasteiger partial charge on any atom is 0.150 e. The molecule has 0 saturated carbocycles. The van der Waals surface area contributed by atoms with Gasteiger partial charge in [-0.25, -0.2) is 0 Å². The van der Waals surface area contributed by atoms with Crippen LogP contribution in [0.5, 0.6) is 0 Å². The Morgan fingerprint density at radius 2 is 1.79 bits per heavy atom. The van der Waals surface area contributed by atoms with Gasteiger partial charge in [0.15, 0.2) is 0 Å². The Morgan fingerprint density at radius 1 is 1.05 bits per heavy atom. The van der Waals surface area contributed by atoms with E-state index in [1.54, 1.807) is 0 Å². The van der Waals surface area contributed by atoms with E-state index in [4.69, 9.17) is 0 Å². The molecule has 1 aromatic heterocycles. The van der Waals surface area contributed by atoms with Crippen molar-refractivity contribution in [3.63, 3.8) is 0 Å². The molecule has 0 spiro atoms. The number of carbonyl (C=O) groups excluding carboxylic acids is 1. The highest BCUT2D eigenvalue weighted by atomic mass is 16.1. The minimum absolute atomic E-state index is 0.705. The van der Waals surface area contributed by atoms with Crippen LogP contribution in [0.4, 0.5) is 0 Å². The predicted octanol–water partition coefficient (Wildman–Crippen LogP) is 4.01. The first-order valence-electron chi connectivity index (χ1n) is 6.48. The van der Waals surface area contributed by atoms with Crippen LogP contribution in [0.3, 0.4) is 0 Å². The van der Waals surface area contributed by atoms with Crippen LogP contribution in [0.15, 0.2) is 54.7 Å². The van der Waals surface area contributed by atoms with E-state index in [1.165, 1.54) is 16.5 Å². The molecular weight excluding hydrogens is 234 g/mol. The summed E-state index contributed by atoms with van der Waals surface area (Å²) in [5.41, 5.74) is 4.34. The van der Waals surface area contributed by atoms with E-state index in [-0.39, 0.29) is 0 Å². The Morgan fingerprint density at radius 3 is 2.47 bits per heavy atom. The number of nitrogens with zero attached hydrogens (tertiary/aromatic N) is 1. The molecular formula is C17H15NO. The zero-order chi connectivity index (χ0) is 13.2. The minimum atomic E-state index is 0.705. The number of carbonyl (C=O) groups is 1. The number of aromatic nitrogens is 1. The molecule has 0 aliphatic heterocycles. The lowest BCUT2D eigenvalue weighted by molar-refractivity contribution is 0.112. The molecule has 94 valence electrons. The number of hydrogen-bond acceptors (Lipinski definition) is 1. The van der Waals surface area contributed by atoms with Crippen molar-refractivity contribution in [2.45, 2.75) is 13.3 Å². The standard InChI is InChI=1S/C17H15NO/c1-2-14-11-18(17-6-4-3-5-16(14)17)15-9-7-13(12-19)8-10-15/h3-12H,2H2,1H3. The molecule has 0 aliphatic carbocycles. The van der Waals surface area contributed by atoms with E-state index in [2.05, 4.69) is 42.0 Å². The first-order valence-corrected chi connectivity index (χ1v) is 6.48. The zero-order valence-electron chi connectivity index (χ0n) is 10.8. The van der Waals surface area contributed by atoms with Gasteiger partial charge < -0.3 is 4.57 Å². The molecule has 2 nitrogen and oxygen atoms in total. The second-order valence-electron chi connectivity index (χ2n) is 4.60. The van der Waals surface area contributed by atoms with Crippen molar-refractivity contribution in [2.75, 3.05) is 0 Å². The summed E-state index contributed by atoms with van der Waals surface area (Å²) in [7, 11) is 0. The summed E-state index contributed by atoms with van der Waals surface area (Å²) in [6.45, 7) is 2.17. The third-order valence-electron chi connectivity index (χ3n) is 3.48. The van der Waals surface area contributed by atoms with Gasteiger partial charge in [0.1, 0.15) is 6.29 Å². The van der Waals surface area contributed by atoms with Crippen molar-refractivity contribution in [1.29, 1.82) is 0 Å². The fraction of sp³-hybridized carbons (Fsp3) is 0.118. The van der Waals surface area contributed by atoms with Gasteiger partial charge in [-0.1, -0.05) is 25.1 Å². The summed E-state index contributed by atoms with van der Waals surface area (Å²) in [6, 6.07) is 16.1. The summed E-state index contributed by atoms with van der Waals surface area (Å²) in [6.07, 6.45) is 4.07. The number of aryl methyl sites for hydroxylation is 1. The Bertz CT molecular complexity index is 723. The van der Waals surface area contributed by atoms with Crippen molar-refractivity contribution >= 4 is 17.2 Å². The molecule has 0 saturated heterocycles. The summed E-state index contributed by atoms with van der Waals surface area (Å²) in [5, 5.41) is 1.30. The van der Waals surface area contributed by atoms with E-state index >= 15 is 0 Å². The molecule has 2 heteroatoms. The van der Waals surface area contributed by atoms with E-state index in [0.717, 1.165) is 18.4 Å². The van der Waals surface area contributed by atoms with Crippen molar-refractivity contribution in [2.24, 2.45) is 0 Å². The number of fused-ring (bicyclic) bond motifs is 1. The van der Waals surface area contributed by atoms with Crippen LogP contribution in [-0.2, 0) is 6.42 Å². The largest absolute Gasteiger partial charge is 0.316 e. The summed E-state index contributed by atoms with van der Waals surface area (Å²) < 4.78 is 2.18. The van der Waals surface area contributed by atoms with Crippen LogP contribution in [0.25, 0.3) is 16.6 Å². The molecule has 0 atom stereocenters. The molecule has 0 aliphatic rings. The van der Waals surface area contributed by atoms with Crippen LogP contribution in [0.2, 0.25) is 0 Å². The third-order valence-corrected chi connectivity index (χ3v) is 3.48. The van der Waals surface area contributed by atoms with Gasteiger partial charge in [-0.15, -0.1) is 0 Å². The van der Waals surface area contributed by atoms with Gasteiger partial charge in [-0.05, 0) is 42.3 Å². The predicted molar refractivity (Wildman–Crippen MR) is 78.0 cm³/mol. The molecule has 0 radical (unpaired) electrons. The Kier molecular flexibility index (Phi) is 2.92. The first-order chi connectivity index (χ1) is 9.33. The normalized spacial score (nSPS) is 10.8. The van der Waals surface area contributed by atoms with Crippen LogP contribution >= 0.6 is 0 Å². The minimum Gasteiger partial charge on any atom is -0.316 e.